The van der Waals surface area contributed by atoms with Crippen molar-refractivity contribution >= 4 is 21.8 Å². The van der Waals surface area contributed by atoms with Gasteiger partial charge in [0.2, 0.25) is 0 Å². The second kappa shape index (κ2) is 8.39. The lowest BCUT2D eigenvalue weighted by Gasteiger charge is -2.14. The molecule has 0 aliphatic heterocycles. The minimum Gasteiger partial charge on any atom is -0.489 e. The molecule has 0 aliphatic rings. The predicted molar refractivity (Wildman–Crippen MR) is 109 cm³/mol. The maximum absolute atomic E-state index is 12.6. The fourth-order valence-electron chi connectivity index (χ4n) is 2.93. The first-order valence-corrected chi connectivity index (χ1v) is 9.50. The van der Waals surface area contributed by atoms with Gasteiger partial charge >= 0.3 is 0 Å². The van der Waals surface area contributed by atoms with E-state index in [9.17, 15) is 4.79 Å². The van der Waals surface area contributed by atoms with Crippen LogP contribution in [0.2, 0.25) is 0 Å². The topological polar surface area (TPSA) is 56.2 Å². The molecule has 2 aromatic carbocycles. The zero-order chi connectivity index (χ0) is 19.4. The van der Waals surface area contributed by atoms with Crippen LogP contribution in [0.4, 0.5) is 0 Å². The van der Waals surface area contributed by atoms with Gasteiger partial charge in [0, 0.05) is 28.8 Å². The maximum atomic E-state index is 12.6. The summed E-state index contributed by atoms with van der Waals surface area (Å²) in [5, 5.41) is 7.37. The quantitative estimate of drug-likeness (QED) is 0.626. The minimum absolute atomic E-state index is 0.116. The highest BCUT2D eigenvalue weighted by Gasteiger charge is 2.15. The highest BCUT2D eigenvalue weighted by atomic mass is 79.9. The van der Waals surface area contributed by atoms with E-state index in [1.165, 1.54) is 0 Å². The Morgan fingerprint density at radius 2 is 2.04 bits per heavy atom. The fourth-order valence-corrected chi connectivity index (χ4v) is 3.30. The first-order chi connectivity index (χ1) is 12.9. The molecule has 3 rings (SSSR count). The van der Waals surface area contributed by atoms with Crippen molar-refractivity contribution in [2.75, 3.05) is 0 Å². The number of aromatic nitrogens is 2. The first-order valence-electron chi connectivity index (χ1n) is 8.70. The Balaban J connectivity index is 1.65. The molecule has 1 N–H and O–H groups in total. The summed E-state index contributed by atoms with van der Waals surface area (Å²) in [5.74, 6) is 0.662. The van der Waals surface area contributed by atoms with Crippen LogP contribution in [-0.4, -0.2) is 15.7 Å². The van der Waals surface area contributed by atoms with Crippen molar-refractivity contribution in [1.29, 1.82) is 0 Å². The third-order valence-electron chi connectivity index (χ3n) is 4.26. The Kier molecular flexibility index (Phi) is 5.96. The smallest absolute Gasteiger partial charge is 0.251 e. The number of nitrogens with zero attached hydrogens (tertiary/aromatic N) is 2. The van der Waals surface area contributed by atoms with Gasteiger partial charge in [-0.05, 0) is 49.7 Å². The van der Waals surface area contributed by atoms with E-state index in [1.807, 2.05) is 69.6 Å². The van der Waals surface area contributed by atoms with Crippen molar-refractivity contribution in [3.63, 3.8) is 0 Å². The molecule has 0 fully saturated rings. The van der Waals surface area contributed by atoms with Gasteiger partial charge in [0.05, 0.1) is 11.7 Å². The second-order valence-corrected chi connectivity index (χ2v) is 7.40. The standard InChI is InChI=1S/C21H22BrN3O2/c1-14(20-12-25(3)24-15(20)2)23-21(26)17-7-4-6-16(10-17)13-27-19-9-5-8-18(22)11-19/h4-12,14H,13H2,1-3H3,(H,23,26). The summed E-state index contributed by atoms with van der Waals surface area (Å²) in [5.41, 5.74) is 3.48. The summed E-state index contributed by atoms with van der Waals surface area (Å²) >= 11 is 3.43. The molecule has 1 heterocycles. The van der Waals surface area contributed by atoms with E-state index in [1.54, 1.807) is 10.7 Å². The molecule has 1 unspecified atom stereocenters. The molecule has 27 heavy (non-hydrogen) atoms. The number of nitrogens with one attached hydrogen (secondary N) is 1. The van der Waals surface area contributed by atoms with Gasteiger partial charge in [-0.1, -0.05) is 34.1 Å². The average molecular weight is 428 g/mol. The van der Waals surface area contributed by atoms with Crippen LogP contribution in [0.5, 0.6) is 5.75 Å². The van der Waals surface area contributed by atoms with E-state index in [2.05, 4.69) is 26.3 Å². The number of hydrogen-bond donors (Lipinski definition) is 1. The minimum atomic E-state index is -0.118. The van der Waals surface area contributed by atoms with Gasteiger partial charge in [0.15, 0.2) is 0 Å². The van der Waals surface area contributed by atoms with Crippen molar-refractivity contribution in [1.82, 2.24) is 15.1 Å². The normalized spacial score (nSPS) is 11.9. The molecule has 1 atom stereocenters. The number of hydrogen-bond acceptors (Lipinski definition) is 3. The fraction of sp³-hybridized carbons (Fsp3) is 0.238. The van der Waals surface area contributed by atoms with Crippen molar-refractivity contribution < 1.29 is 9.53 Å². The molecule has 5 nitrogen and oxygen atoms in total. The molecule has 1 amide bonds. The van der Waals surface area contributed by atoms with E-state index >= 15 is 0 Å². The molecule has 140 valence electrons. The Morgan fingerprint density at radius 1 is 1.26 bits per heavy atom. The van der Waals surface area contributed by atoms with Crippen LogP contribution < -0.4 is 10.1 Å². The SMILES string of the molecule is Cc1nn(C)cc1C(C)NC(=O)c1cccc(COc2cccc(Br)c2)c1. The van der Waals surface area contributed by atoms with E-state index in [0.717, 1.165) is 27.0 Å². The number of amides is 1. The summed E-state index contributed by atoms with van der Waals surface area (Å²) in [7, 11) is 1.87. The molecule has 0 bridgehead atoms. The summed E-state index contributed by atoms with van der Waals surface area (Å²) in [6.07, 6.45) is 1.93. The largest absolute Gasteiger partial charge is 0.489 e. The van der Waals surface area contributed by atoms with Crippen LogP contribution >= 0.6 is 15.9 Å². The predicted octanol–water partition coefficient (Wildman–Crippen LogP) is 4.56. The van der Waals surface area contributed by atoms with Gasteiger partial charge < -0.3 is 10.1 Å². The molecule has 6 heteroatoms. The number of rotatable bonds is 6. The summed E-state index contributed by atoms with van der Waals surface area (Å²) < 4.78 is 8.53. The van der Waals surface area contributed by atoms with Gasteiger partial charge in [-0.2, -0.15) is 5.10 Å². The van der Waals surface area contributed by atoms with E-state index in [0.29, 0.717) is 12.2 Å². The molecular formula is C21H22BrN3O2. The zero-order valence-electron chi connectivity index (χ0n) is 15.6. The molecule has 0 aliphatic carbocycles. The lowest BCUT2D eigenvalue weighted by molar-refractivity contribution is 0.0939. The third kappa shape index (κ3) is 4.98. The van der Waals surface area contributed by atoms with Gasteiger partial charge in [-0.15, -0.1) is 0 Å². The number of ether oxygens (including phenoxy) is 1. The Hall–Kier alpha value is -2.60. The highest BCUT2D eigenvalue weighted by molar-refractivity contribution is 9.10. The van der Waals surface area contributed by atoms with Crippen LogP contribution in [0.1, 0.15) is 40.1 Å². The zero-order valence-corrected chi connectivity index (χ0v) is 17.2. The molecular weight excluding hydrogens is 406 g/mol. The van der Waals surface area contributed by atoms with Crippen molar-refractivity contribution in [3.8, 4) is 5.75 Å². The van der Waals surface area contributed by atoms with Gasteiger partial charge in [0.25, 0.3) is 5.91 Å². The van der Waals surface area contributed by atoms with E-state index < -0.39 is 0 Å². The van der Waals surface area contributed by atoms with E-state index in [-0.39, 0.29) is 11.9 Å². The summed E-state index contributed by atoms with van der Waals surface area (Å²) in [6, 6.07) is 15.0. The van der Waals surface area contributed by atoms with Crippen LogP contribution in [0.15, 0.2) is 59.2 Å². The van der Waals surface area contributed by atoms with Crippen LogP contribution in [-0.2, 0) is 13.7 Å². The lowest BCUT2D eigenvalue weighted by atomic mass is 10.1. The molecule has 1 aromatic heterocycles. The number of aryl methyl sites for hydroxylation is 2. The monoisotopic (exact) mass is 427 g/mol. The second-order valence-electron chi connectivity index (χ2n) is 6.49. The van der Waals surface area contributed by atoms with Gasteiger partial charge in [-0.25, -0.2) is 0 Å². The molecule has 0 spiro atoms. The molecule has 0 radical (unpaired) electrons. The highest BCUT2D eigenvalue weighted by Crippen LogP contribution is 2.20. The third-order valence-corrected chi connectivity index (χ3v) is 4.75. The van der Waals surface area contributed by atoms with Crippen LogP contribution in [0.25, 0.3) is 0 Å². The Labute approximate surface area is 167 Å². The maximum Gasteiger partial charge on any atom is 0.251 e. The van der Waals surface area contributed by atoms with Crippen LogP contribution in [0.3, 0.4) is 0 Å². The van der Waals surface area contributed by atoms with Crippen molar-refractivity contribution in [3.05, 3.63) is 81.6 Å². The van der Waals surface area contributed by atoms with E-state index in [4.69, 9.17) is 4.74 Å². The molecule has 0 saturated carbocycles. The summed E-state index contributed by atoms with van der Waals surface area (Å²) in [6.45, 7) is 4.30. The number of carbonyl (C=O) groups is 1. The molecule has 0 saturated heterocycles. The van der Waals surface area contributed by atoms with Gasteiger partial charge in [0.1, 0.15) is 12.4 Å². The van der Waals surface area contributed by atoms with Gasteiger partial charge in [-0.3, -0.25) is 9.48 Å². The number of carbonyl (C=O) groups excluding carboxylic acids is 1. The average Bonchev–Trinajstić information content (AvgIpc) is 2.98. The lowest BCUT2D eigenvalue weighted by Crippen LogP contribution is -2.27. The van der Waals surface area contributed by atoms with Crippen molar-refractivity contribution in [2.45, 2.75) is 26.5 Å². The molecule has 3 aromatic rings. The number of benzene rings is 2. The number of halogens is 1. The summed E-state index contributed by atoms with van der Waals surface area (Å²) in [4.78, 5) is 12.6. The van der Waals surface area contributed by atoms with Crippen LogP contribution in [0, 0.1) is 6.92 Å². The Bertz CT molecular complexity index is 952. The van der Waals surface area contributed by atoms with Crippen molar-refractivity contribution in [2.24, 2.45) is 7.05 Å². The first kappa shape index (κ1) is 19.2. The Morgan fingerprint density at radius 3 is 2.74 bits per heavy atom.